The fourth-order valence-corrected chi connectivity index (χ4v) is 9.19. The van der Waals surface area contributed by atoms with Crippen molar-refractivity contribution in [2.24, 2.45) is 52.3 Å². The van der Waals surface area contributed by atoms with Crippen molar-refractivity contribution in [3.63, 3.8) is 0 Å². The zero-order chi connectivity index (χ0) is 22.6. The van der Waals surface area contributed by atoms with Crippen LogP contribution in [0.2, 0.25) is 0 Å². The first-order valence-corrected chi connectivity index (χ1v) is 12.7. The molecular weight excluding hydrogens is 392 g/mol. The predicted molar refractivity (Wildman–Crippen MR) is 118 cm³/mol. The van der Waals surface area contributed by atoms with E-state index in [1.54, 1.807) is 0 Å². The van der Waals surface area contributed by atoms with Crippen LogP contribution in [0, 0.1) is 52.3 Å². The molecule has 0 spiro atoms. The van der Waals surface area contributed by atoms with Gasteiger partial charge in [0.25, 0.3) is 0 Å². The van der Waals surface area contributed by atoms with Gasteiger partial charge in [0, 0.05) is 0 Å². The van der Waals surface area contributed by atoms with Crippen molar-refractivity contribution in [1.29, 1.82) is 0 Å². The van der Waals surface area contributed by atoms with Crippen molar-refractivity contribution in [3.8, 4) is 0 Å². The lowest BCUT2D eigenvalue weighted by molar-refractivity contribution is -0.155. The Balaban J connectivity index is 1.46. The number of rotatable bonds is 6. The SMILES string of the molecule is CC(CCC(C(=O)O)C(=O)O)[C@H]1CC[C@H]2[C@@H]3CC[C@@H]4C[C@H](O)CC[C@]4(C)[C@H]3CC[C@]12C. The molecule has 0 radical (unpaired) electrons. The second kappa shape index (κ2) is 8.35. The summed E-state index contributed by atoms with van der Waals surface area (Å²) in [6.45, 7) is 7.24. The summed E-state index contributed by atoms with van der Waals surface area (Å²) in [5, 5.41) is 28.7. The molecule has 0 heterocycles. The Kier molecular flexibility index (Phi) is 6.22. The van der Waals surface area contributed by atoms with Crippen molar-refractivity contribution in [2.75, 3.05) is 0 Å². The van der Waals surface area contributed by atoms with Gasteiger partial charge in [0.15, 0.2) is 5.92 Å². The van der Waals surface area contributed by atoms with Crippen LogP contribution in [0.1, 0.15) is 91.4 Å². The molecule has 1 unspecified atom stereocenters. The molecule has 0 aromatic heterocycles. The number of aliphatic hydroxyl groups excluding tert-OH is 1. The molecule has 0 bridgehead atoms. The Bertz CT molecular complexity index is 692. The number of hydrogen-bond acceptors (Lipinski definition) is 3. The van der Waals surface area contributed by atoms with Crippen LogP contribution >= 0.6 is 0 Å². The summed E-state index contributed by atoms with van der Waals surface area (Å²) in [6.07, 6.45) is 11.5. The van der Waals surface area contributed by atoms with E-state index in [2.05, 4.69) is 20.8 Å². The molecular formula is C26H42O5. The van der Waals surface area contributed by atoms with Crippen LogP contribution in [0.15, 0.2) is 0 Å². The summed E-state index contributed by atoms with van der Waals surface area (Å²) in [5.74, 6) is 0.245. The standard InChI is InChI=1S/C26H42O5/c1-15(4-6-19(23(28)29)24(30)31)20-8-9-21-18-7-5-16-14-17(27)10-12-25(16,2)22(18)11-13-26(20,21)3/h15-22,27H,4-14H2,1-3H3,(H,28,29)(H,30,31)/t15?,16-,17-,18+,20-,21+,22+,25+,26-/m1/s1. The van der Waals surface area contributed by atoms with E-state index in [1.165, 1.54) is 44.9 Å². The summed E-state index contributed by atoms with van der Waals surface area (Å²) >= 11 is 0. The van der Waals surface area contributed by atoms with E-state index in [4.69, 9.17) is 0 Å². The number of aliphatic hydroxyl groups is 1. The molecule has 0 aliphatic heterocycles. The summed E-state index contributed by atoms with van der Waals surface area (Å²) in [7, 11) is 0. The van der Waals surface area contributed by atoms with Crippen LogP contribution in [-0.2, 0) is 9.59 Å². The van der Waals surface area contributed by atoms with Gasteiger partial charge in [-0.3, -0.25) is 9.59 Å². The summed E-state index contributed by atoms with van der Waals surface area (Å²) < 4.78 is 0. The molecule has 3 N–H and O–H groups in total. The van der Waals surface area contributed by atoms with Crippen LogP contribution < -0.4 is 0 Å². The highest BCUT2D eigenvalue weighted by molar-refractivity contribution is 5.92. The zero-order valence-electron chi connectivity index (χ0n) is 19.6. The van der Waals surface area contributed by atoms with Gasteiger partial charge in [0.2, 0.25) is 0 Å². The van der Waals surface area contributed by atoms with Gasteiger partial charge in [-0.05, 0) is 117 Å². The molecule has 4 fully saturated rings. The Hall–Kier alpha value is -1.10. The summed E-state index contributed by atoms with van der Waals surface area (Å²) in [4.78, 5) is 22.6. The van der Waals surface area contributed by atoms with Gasteiger partial charge in [-0.25, -0.2) is 0 Å². The van der Waals surface area contributed by atoms with Gasteiger partial charge in [-0.1, -0.05) is 20.8 Å². The third-order valence-electron chi connectivity index (χ3n) is 10.9. The lowest BCUT2D eigenvalue weighted by atomic mass is 9.44. The smallest absolute Gasteiger partial charge is 0.317 e. The second-order valence-electron chi connectivity index (χ2n) is 12.1. The lowest BCUT2D eigenvalue weighted by Gasteiger charge is -2.61. The van der Waals surface area contributed by atoms with Crippen molar-refractivity contribution in [2.45, 2.75) is 97.5 Å². The van der Waals surface area contributed by atoms with E-state index in [9.17, 15) is 24.9 Å². The zero-order valence-corrected chi connectivity index (χ0v) is 19.6. The molecule has 5 nitrogen and oxygen atoms in total. The number of hydrogen-bond donors (Lipinski definition) is 3. The van der Waals surface area contributed by atoms with Crippen LogP contribution in [0.25, 0.3) is 0 Å². The number of fused-ring (bicyclic) bond motifs is 5. The molecule has 5 heteroatoms. The minimum atomic E-state index is -1.28. The molecule has 4 saturated carbocycles. The molecule has 4 aliphatic carbocycles. The van der Waals surface area contributed by atoms with Gasteiger partial charge >= 0.3 is 11.9 Å². The third kappa shape index (κ3) is 3.83. The number of aliphatic carboxylic acids is 2. The molecule has 31 heavy (non-hydrogen) atoms. The van der Waals surface area contributed by atoms with E-state index in [0.717, 1.165) is 30.6 Å². The average Bonchev–Trinajstić information content (AvgIpc) is 3.05. The Morgan fingerprint density at radius 2 is 1.52 bits per heavy atom. The first-order chi connectivity index (χ1) is 14.6. The van der Waals surface area contributed by atoms with E-state index in [0.29, 0.717) is 35.0 Å². The average molecular weight is 435 g/mol. The van der Waals surface area contributed by atoms with Crippen molar-refractivity contribution >= 4 is 11.9 Å². The van der Waals surface area contributed by atoms with E-state index < -0.39 is 17.9 Å². The summed E-state index contributed by atoms with van der Waals surface area (Å²) in [5.41, 5.74) is 0.698. The number of carboxylic acid groups (broad SMARTS) is 2. The number of carbonyl (C=O) groups is 2. The Morgan fingerprint density at radius 1 is 0.871 bits per heavy atom. The van der Waals surface area contributed by atoms with Crippen molar-refractivity contribution < 1.29 is 24.9 Å². The monoisotopic (exact) mass is 434 g/mol. The first-order valence-electron chi connectivity index (χ1n) is 12.7. The van der Waals surface area contributed by atoms with Gasteiger partial charge in [-0.15, -0.1) is 0 Å². The van der Waals surface area contributed by atoms with Crippen LogP contribution in [-0.4, -0.2) is 33.4 Å². The largest absolute Gasteiger partial charge is 0.481 e. The highest BCUT2D eigenvalue weighted by atomic mass is 16.4. The van der Waals surface area contributed by atoms with Gasteiger partial charge < -0.3 is 15.3 Å². The number of carboxylic acids is 2. The van der Waals surface area contributed by atoms with Crippen LogP contribution in [0.3, 0.4) is 0 Å². The predicted octanol–water partition coefficient (Wildman–Crippen LogP) is 5.21. The molecule has 0 saturated heterocycles. The maximum Gasteiger partial charge on any atom is 0.317 e. The molecule has 0 aromatic carbocycles. The maximum absolute atomic E-state index is 11.3. The van der Waals surface area contributed by atoms with Crippen LogP contribution in [0.5, 0.6) is 0 Å². The normalized spacial score (nSPS) is 45.5. The highest BCUT2D eigenvalue weighted by Crippen LogP contribution is 2.68. The van der Waals surface area contributed by atoms with Crippen LogP contribution in [0.4, 0.5) is 0 Å². The molecule has 4 rings (SSSR count). The van der Waals surface area contributed by atoms with Gasteiger partial charge in [0.05, 0.1) is 6.10 Å². The summed E-state index contributed by atoms with van der Waals surface area (Å²) in [6, 6.07) is 0. The lowest BCUT2D eigenvalue weighted by Crippen LogP contribution is -2.54. The molecule has 4 aliphatic rings. The molecule has 176 valence electrons. The van der Waals surface area contributed by atoms with E-state index in [-0.39, 0.29) is 12.5 Å². The van der Waals surface area contributed by atoms with Crippen molar-refractivity contribution in [1.82, 2.24) is 0 Å². The minimum Gasteiger partial charge on any atom is -0.481 e. The fourth-order valence-electron chi connectivity index (χ4n) is 9.19. The Morgan fingerprint density at radius 3 is 2.19 bits per heavy atom. The Labute approximate surface area is 187 Å². The fraction of sp³-hybridized carbons (Fsp3) is 0.923. The van der Waals surface area contributed by atoms with E-state index in [1.807, 2.05) is 0 Å². The second-order valence-corrected chi connectivity index (χ2v) is 12.1. The van der Waals surface area contributed by atoms with Crippen molar-refractivity contribution in [3.05, 3.63) is 0 Å². The van der Waals surface area contributed by atoms with Gasteiger partial charge in [-0.2, -0.15) is 0 Å². The molecule has 9 atom stereocenters. The molecule has 0 amide bonds. The molecule has 0 aromatic rings. The minimum absolute atomic E-state index is 0.0966. The van der Waals surface area contributed by atoms with Gasteiger partial charge in [0.1, 0.15) is 0 Å². The third-order valence-corrected chi connectivity index (χ3v) is 10.9. The highest BCUT2D eigenvalue weighted by Gasteiger charge is 2.60. The van der Waals surface area contributed by atoms with E-state index >= 15 is 0 Å². The first kappa shape index (κ1) is 23.1. The quantitative estimate of drug-likeness (QED) is 0.499. The maximum atomic E-state index is 11.3. The topological polar surface area (TPSA) is 94.8 Å².